The molecule has 0 saturated heterocycles. The van der Waals surface area contributed by atoms with Gasteiger partial charge in [0, 0.05) is 15.5 Å². The second-order valence-electron chi connectivity index (χ2n) is 9.03. The van der Waals surface area contributed by atoms with E-state index in [1.807, 2.05) is 11.8 Å². The third-order valence-corrected chi connectivity index (χ3v) is 7.97. The van der Waals surface area contributed by atoms with Crippen LogP contribution in [0, 0.1) is 0 Å². The van der Waals surface area contributed by atoms with Crippen LogP contribution in [0.5, 0.6) is 0 Å². The van der Waals surface area contributed by atoms with Crippen molar-refractivity contribution in [2.45, 2.75) is 9.79 Å². The van der Waals surface area contributed by atoms with Crippen LogP contribution in [0.15, 0.2) is 149 Å². The predicted molar refractivity (Wildman–Crippen MR) is 154 cm³/mol. The van der Waals surface area contributed by atoms with Gasteiger partial charge in [0.25, 0.3) is 0 Å². The number of fused-ring (bicyclic) bond motifs is 3. The molecule has 6 aromatic carbocycles. The summed E-state index contributed by atoms with van der Waals surface area (Å²) in [5.41, 5.74) is 8.59. The highest BCUT2D eigenvalue weighted by Crippen LogP contribution is 2.52. The van der Waals surface area contributed by atoms with E-state index in [-0.39, 0.29) is 0 Å². The second kappa shape index (κ2) is 8.75. The Morgan fingerprint density at radius 3 is 2.03 bits per heavy atom. The molecule has 7 rings (SSSR count). The van der Waals surface area contributed by atoms with E-state index in [0.29, 0.717) is 0 Å². The molecule has 0 atom stereocenters. The van der Waals surface area contributed by atoms with Crippen molar-refractivity contribution >= 4 is 39.6 Å². The molecule has 36 heavy (non-hydrogen) atoms. The zero-order chi connectivity index (χ0) is 23.9. The predicted octanol–water partition coefficient (Wildman–Crippen LogP) is 10.1. The first kappa shape index (κ1) is 21.0. The van der Waals surface area contributed by atoms with E-state index in [0.717, 1.165) is 0 Å². The van der Waals surface area contributed by atoms with Crippen LogP contribution in [0.1, 0.15) is 0 Å². The number of hydrogen-bond donors (Lipinski definition) is 0. The third-order valence-electron chi connectivity index (χ3n) is 6.86. The van der Waals surface area contributed by atoms with Gasteiger partial charge >= 0.3 is 0 Å². The SMILES string of the molecule is c1ccc(-c2ccc3c(c2)Sc2ccccc2N3c2ccc(-c3cccc4ccccc34)cc2)cc1. The van der Waals surface area contributed by atoms with Crippen LogP contribution in [0.25, 0.3) is 33.0 Å². The fraction of sp³-hybridized carbons (Fsp3) is 0. The second-order valence-corrected chi connectivity index (χ2v) is 10.1. The molecule has 0 saturated carbocycles. The Morgan fingerprint density at radius 2 is 1.14 bits per heavy atom. The molecule has 6 aromatic rings. The van der Waals surface area contributed by atoms with Gasteiger partial charge in [-0.05, 0) is 69.4 Å². The van der Waals surface area contributed by atoms with Crippen molar-refractivity contribution in [3.8, 4) is 22.3 Å². The lowest BCUT2D eigenvalue weighted by atomic mass is 9.98. The van der Waals surface area contributed by atoms with E-state index in [4.69, 9.17) is 0 Å². The number of hydrogen-bond acceptors (Lipinski definition) is 2. The summed E-state index contributed by atoms with van der Waals surface area (Å²) in [6.45, 7) is 0. The topological polar surface area (TPSA) is 3.24 Å². The van der Waals surface area contributed by atoms with Crippen molar-refractivity contribution < 1.29 is 0 Å². The summed E-state index contributed by atoms with van der Waals surface area (Å²) in [4.78, 5) is 4.93. The lowest BCUT2D eigenvalue weighted by molar-refractivity contribution is 1.17. The Hall–Kier alpha value is -4.27. The third kappa shape index (κ3) is 3.59. The van der Waals surface area contributed by atoms with Gasteiger partial charge in [-0.25, -0.2) is 0 Å². The molecule has 1 nitrogen and oxygen atoms in total. The summed E-state index contributed by atoms with van der Waals surface area (Å²) in [5, 5.41) is 2.55. The molecule has 0 aliphatic carbocycles. The lowest BCUT2D eigenvalue weighted by Gasteiger charge is -2.33. The quantitative estimate of drug-likeness (QED) is 0.249. The minimum absolute atomic E-state index is 1.17. The Bertz CT molecular complexity index is 1700. The van der Waals surface area contributed by atoms with Crippen LogP contribution < -0.4 is 4.90 Å². The molecular formula is C34H23NS. The van der Waals surface area contributed by atoms with Gasteiger partial charge in [-0.15, -0.1) is 0 Å². The molecule has 0 unspecified atom stereocenters. The van der Waals surface area contributed by atoms with E-state index < -0.39 is 0 Å². The van der Waals surface area contributed by atoms with Gasteiger partial charge in [-0.3, -0.25) is 0 Å². The van der Waals surface area contributed by atoms with Crippen molar-refractivity contribution in [3.63, 3.8) is 0 Å². The van der Waals surface area contributed by atoms with Crippen molar-refractivity contribution in [3.05, 3.63) is 140 Å². The van der Waals surface area contributed by atoms with Crippen LogP contribution in [0.4, 0.5) is 17.1 Å². The zero-order valence-corrected chi connectivity index (χ0v) is 20.5. The fourth-order valence-corrected chi connectivity index (χ4v) is 6.21. The fourth-order valence-electron chi connectivity index (χ4n) is 5.11. The standard InChI is InChI=1S/C34H23NS/c1-2-9-24(10-3-1)27-19-22-32-34(23-27)36-33-16-7-6-15-31(33)35(32)28-20-17-26(18-21-28)30-14-8-12-25-11-4-5-13-29(25)30/h1-23H. The van der Waals surface area contributed by atoms with Gasteiger partial charge in [0.1, 0.15) is 0 Å². The molecule has 0 aromatic heterocycles. The summed E-state index contributed by atoms with van der Waals surface area (Å²) in [5.74, 6) is 0. The molecule has 1 heterocycles. The summed E-state index contributed by atoms with van der Waals surface area (Å²) in [6, 6.07) is 50.2. The first-order chi connectivity index (χ1) is 17.8. The van der Waals surface area contributed by atoms with E-state index in [1.165, 1.54) is 59.9 Å². The molecular weight excluding hydrogens is 454 g/mol. The number of rotatable bonds is 3. The number of para-hydroxylation sites is 1. The summed E-state index contributed by atoms with van der Waals surface area (Å²) >= 11 is 1.85. The summed E-state index contributed by atoms with van der Waals surface area (Å²) < 4.78 is 0. The molecule has 2 heteroatoms. The van der Waals surface area contributed by atoms with Crippen molar-refractivity contribution in [2.75, 3.05) is 4.90 Å². The lowest BCUT2D eigenvalue weighted by Crippen LogP contribution is -2.14. The van der Waals surface area contributed by atoms with Crippen LogP contribution in [-0.2, 0) is 0 Å². The van der Waals surface area contributed by atoms with Crippen molar-refractivity contribution in [1.29, 1.82) is 0 Å². The normalized spacial score (nSPS) is 12.3. The van der Waals surface area contributed by atoms with Gasteiger partial charge in [-0.2, -0.15) is 0 Å². The molecule has 1 aliphatic heterocycles. The maximum atomic E-state index is 2.39. The molecule has 0 N–H and O–H groups in total. The molecule has 170 valence electrons. The molecule has 1 aliphatic rings. The van der Waals surface area contributed by atoms with Gasteiger partial charge in [0.15, 0.2) is 0 Å². The molecule has 0 radical (unpaired) electrons. The number of benzene rings is 6. The smallest absolute Gasteiger partial charge is 0.0602 e. The zero-order valence-electron chi connectivity index (χ0n) is 19.6. The van der Waals surface area contributed by atoms with E-state index in [2.05, 4.69) is 144 Å². The number of nitrogens with zero attached hydrogens (tertiary/aromatic N) is 1. The van der Waals surface area contributed by atoms with Crippen LogP contribution >= 0.6 is 11.8 Å². The molecule has 0 spiro atoms. The highest BCUT2D eigenvalue weighted by Gasteiger charge is 2.25. The average Bonchev–Trinajstić information content (AvgIpc) is 2.96. The maximum absolute atomic E-state index is 2.39. The Kier molecular flexibility index (Phi) is 5.11. The minimum atomic E-state index is 1.17. The molecule has 0 amide bonds. The Morgan fingerprint density at radius 1 is 0.444 bits per heavy atom. The van der Waals surface area contributed by atoms with Crippen LogP contribution in [0.3, 0.4) is 0 Å². The summed E-state index contributed by atoms with van der Waals surface area (Å²) in [6.07, 6.45) is 0. The number of anilines is 3. The monoisotopic (exact) mass is 477 g/mol. The summed E-state index contributed by atoms with van der Waals surface area (Å²) in [7, 11) is 0. The van der Waals surface area contributed by atoms with Gasteiger partial charge in [-0.1, -0.05) is 115 Å². The van der Waals surface area contributed by atoms with E-state index >= 15 is 0 Å². The van der Waals surface area contributed by atoms with Gasteiger partial charge in [0.05, 0.1) is 11.4 Å². The van der Waals surface area contributed by atoms with Crippen molar-refractivity contribution in [1.82, 2.24) is 0 Å². The van der Waals surface area contributed by atoms with Gasteiger partial charge < -0.3 is 4.90 Å². The largest absolute Gasteiger partial charge is 0.308 e. The average molecular weight is 478 g/mol. The first-order valence-electron chi connectivity index (χ1n) is 12.2. The molecule has 0 fully saturated rings. The van der Waals surface area contributed by atoms with E-state index in [9.17, 15) is 0 Å². The highest BCUT2D eigenvalue weighted by atomic mass is 32.2. The maximum Gasteiger partial charge on any atom is 0.0602 e. The first-order valence-corrected chi connectivity index (χ1v) is 13.0. The van der Waals surface area contributed by atoms with Crippen LogP contribution in [-0.4, -0.2) is 0 Å². The van der Waals surface area contributed by atoms with Crippen LogP contribution in [0.2, 0.25) is 0 Å². The molecule has 0 bridgehead atoms. The Labute approximate surface area is 215 Å². The van der Waals surface area contributed by atoms with Gasteiger partial charge in [0.2, 0.25) is 0 Å². The van der Waals surface area contributed by atoms with E-state index in [1.54, 1.807) is 0 Å². The minimum Gasteiger partial charge on any atom is -0.308 e. The Balaban J connectivity index is 1.33. The highest BCUT2D eigenvalue weighted by molar-refractivity contribution is 7.99. The van der Waals surface area contributed by atoms with Crippen molar-refractivity contribution in [2.24, 2.45) is 0 Å².